The van der Waals surface area contributed by atoms with Crippen LogP contribution >= 0.6 is 11.6 Å². The van der Waals surface area contributed by atoms with E-state index in [9.17, 15) is 4.79 Å². The van der Waals surface area contributed by atoms with Crippen LogP contribution in [-0.2, 0) is 16.8 Å². The Labute approximate surface area is 122 Å². The molecule has 1 aliphatic carbocycles. The van der Waals surface area contributed by atoms with Gasteiger partial charge in [0, 0.05) is 17.2 Å². The van der Waals surface area contributed by atoms with Gasteiger partial charge in [-0.25, -0.2) is 4.79 Å². The summed E-state index contributed by atoms with van der Waals surface area (Å²) in [6, 6.07) is 1.78. The van der Waals surface area contributed by atoms with Gasteiger partial charge in [0.25, 0.3) is 0 Å². The van der Waals surface area contributed by atoms with Crippen molar-refractivity contribution in [3.05, 3.63) is 22.2 Å². The second kappa shape index (κ2) is 5.12. The van der Waals surface area contributed by atoms with Crippen molar-refractivity contribution in [2.24, 2.45) is 4.99 Å². The Hall–Kier alpha value is -1.51. The lowest BCUT2D eigenvalue weighted by atomic mass is 9.70. The van der Waals surface area contributed by atoms with Crippen LogP contribution in [-0.4, -0.2) is 19.3 Å². The number of benzene rings is 1. The lowest BCUT2D eigenvalue weighted by Gasteiger charge is -2.40. The van der Waals surface area contributed by atoms with Gasteiger partial charge in [-0.05, 0) is 25.7 Å². The van der Waals surface area contributed by atoms with Gasteiger partial charge in [0.05, 0.1) is 5.02 Å². The van der Waals surface area contributed by atoms with E-state index in [1.807, 2.05) is 6.92 Å². The number of ether oxygens (including phenoxy) is 2. The SMILES string of the molecule is CCc1c2c(cc(Cl)c1C1(N=C=O)CCC1)OCCO2. The van der Waals surface area contributed by atoms with Crippen molar-refractivity contribution in [2.75, 3.05) is 13.2 Å². The van der Waals surface area contributed by atoms with Crippen molar-refractivity contribution >= 4 is 17.7 Å². The molecule has 0 unspecified atom stereocenters. The summed E-state index contributed by atoms with van der Waals surface area (Å²) in [6.07, 6.45) is 5.17. The smallest absolute Gasteiger partial charge is 0.235 e. The van der Waals surface area contributed by atoms with Crippen molar-refractivity contribution in [3.8, 4) is 11.5 Å². The molecule has 0 saturated heterocycles. The van der Waals surface area contributed by atoms with Crippen LogP contribution in [0.5, 0.6) is 11.5 Å². The molecule has 0 N–H and O–H groups in total. The quantitative estimate of drug-likeness (QED) is 0.634. The molecule has 106 valence electrons. The summed E-state index contributed by atoms with van der Waals surface area (Å²) in [6.45, 7) is 3.11. The Balaban J connectivity index is 2.22. The minimum Gasteiger partial charge on any atom is -0.486 e. The second-order valence-corrected chi connectivity index (χ2v) is 5.59. The highest BCUT2D eigenvalue weighted by molar-refractivity contribution is 6.32. The Kier molecular flexibility index (Phi) is 3.45. The van der Waals surface area contributed by atoms with Crippen LogP contribution in [0.2, 0.25) is 5.02 Å². The van der Waals surface area contributed by atoms with Crippen LogP contribution in [0.15, 0.2) is 11.1 Å². The maximum absolute atomic E-state index is 10.8. The normalized spacial score (nSPS) is 18.9. The average Bonchev–Trinajstić information content (AvgIpc) is 2.42. The molecular formula is C15H16ClNO3. The lowest BCUT2D eigenvalue weighted by Crippen LogP contribution is -2.34. The lowest BCUT2D eigenvalue weighted by molar-refractivity contribution is 0.168. The molecule has 5 heteroatoms. The molecule has 20 heavy (non-hydrogen) atoms. The minimum absolute atomic E-state index is 0.514. The predicted octanol–water partition coefficient (Wildman–Crippen LogP) is 3.39. The molecule has 0 spiro atoms. The predicted molar refractivity (Wildman–Crippen MR) is 75.5 cm³/mol. The fourth-order valence-corrected chi connectivity index (χ4v) is 3.47. The number of rotatable bonds is 3. The summed E-state index contributed by atoms with van der Waals surface area (Å²) >= 11 is 6.45. The molecule has 0 aromatic heterocycles. The molecule has 1 heterocycles. The van der Waals surface area contributed by atoms with Crippen LogP contribution < -0.4 is 9.47 Å². The van der Waals surface area contributed by atoms with Gasteiger partial charge in [-0.15, -0.1) is 0 Å². The van der Waals surface area contributed by atoms with Gasteiger partial charge in [0.1, 0.15) is 18.8 Å². The minimum atomic E-state index is -0.514. The largest absolute Gasteiger partial charge is 0.486 e. The Morgan fingerprint density at radius 2 is 2.15 bits per heavy atom. The molecular weight excluding hydrogens is 278 g/mol. The van der Waals surface area contributed by atoms with Gasteiger partial charge in [0.2, 0.25) is 6.08 Å². The molecule has 1 aromatic rings. The van der Waals surface area contributed by atoms with Crippen molar-refractivity contribution in [2.45, 2.75) is 38.1 Å². The van der Waals surface area contributed by atoms with Crippen LogP contribution in [0.3, 0.4) is 0 Å². The first-order valence-corrected chi connectivity index (χ1v) is 7.30. The number of isocyanates is 1. The Morgan fingerprint density at radius 1 is 1.40 bits per heavy atom. The van der Waals surface area contributed by atoms with Gasteiger partial charge < -0.3 is 9.47 Å². The molecule has 4 nitrogen and oxygen atoms in total. The van der Waals surface area contributed by atoms with Gasteiger partial charge >= 0.3 is 0 Å². The van der Waals surface area contributed by atoms with Crippen LogP contribution in [0.4, 0.5) is 0 Å². The van der Waals surface area contributed by atoms with Crippen molar-refractivity contribution in [1.29, 1.82) is 0 Å². The van der Waals surface area contributed by atoms with E-state index in [1.54, 1.807) is 12.1 Å². The molecule has 0 amide bonds. The standard InChI is InChI=1S/C15H16ClNO3/c1-2-10-13(15(17-9-18)4-3-5-15)11(16)8-12-14(10)20-7-6-19-12/h8H,2-7H2,1H3. The zero-order valence-corrected chi connectivity index (χ0v) is 12.1. The van der Waals surface area contributed by atoms with Gasteiger partial charge in [0.15, 0.2) is 11.5 Å². The van der Waals surface area contributed by atoms with E-state index in [0.29, 0.717) is 24.0 Å². The molecule has 1 aromatic carbocycles. The number of nitrogens with zero attached hydrogens (tertiary/aromatic N) is 1. The third kappa shape index (κ3) is 1.91. The Bertz CT molecular complexity index is 589. The first-order chi connectivity index (χ1) is 9.72. The zero-order valence-electron chi connectivity index (χ0n) is 11.4. The Morgan fingerprint density at radius 3 is 2.75 bits per heavy atom. The number of fused-ring (bicyclic) bond motifs is 1. The summed E-state index contributed by atoms with van der Waals surface area (Å²) in [4.78, 5) is 14.9. The van der Waals surface area contributed by atoms with Gasteiger partial charge in [-0.2, -0.15) is 4.99 Å². The summed E-state index contributed by atoms with van der Waals surface area (Å²) in [7, 11) is 0. The molecule has 1 aliphatic heterocycles. The van der Waals surface area contributed by atoms with Crippen LogP contribution in [0.1, 0.15) is 37.3 Å². The number of halogens is 1. The summed E-state index contributed by atoms with van der Waals surface area (Å²) in [5.41, 5.74) is 1.41. The summed E-state index contributed by atoms with van der Waals surface area (Å²) < 4.78 is 11.4. The fourth-order valence-electron chi connectivity index (χ4n) is 3.08. The highest BCUT2D eigenvalue weighted by Crippen LogP contribution is 2.52. The molecule has 0 radical (unpaired) electrons. The molecule has 0 atom stereocenters. The van der Waals surface area contributed by atoms with Crippen molar-refractivity contribution in [1.82, 2.24) is 0 Å². The summed E-state index contributed by atoms with van der Waals surface area (Å²) in [5, 5.41) is 0.602. The molecule has 0 bridgehead atoms. The molecule has 1 fully saturated rings. The number of hydrogen-bond donors (Lipinski definition) is 0. The monoisotopic (exact) mass is 293 g/mol. The average molecular weight is 294 g/mol. The zero-order chi connectivity index (χ0) is 14.2. The molecule has 3 rings (SSSR count). The first kappa shape index (κ1) is 13.5. The van der Waals surface area contributed by atoms with E-state index >= 15 is 0 Å². The van der Waals surface area contributed by atoms with Crippen molar-refractivity contribution in [3.63, 3.8) is 0 Å². The third-order valence-corrected chi connectivity index (χ3v) is 4.44. The third-order valence-electron chi connectivity index (χ3n) is 4.14. The second-order valence-electron chi connectivity index (χ2n) is 5.18. The van der Waals surface area contributed by atoms with Crippen LogP contribution in [0, 0.1) is 0 Å². The van der Waals surface area contributed by atoms with Crippen LogP contribution in [0.25, 0.3) is 0 Å². The van der Waals surface area contributed by atoms with E-state index in [0.717, 1.165) is 42.6 Å². The number of aliphatic imine (C=N–C) groups is 1. The van der Waals surface area contributed by atoms with E-state index in [4.69, 9.17) is 21.1 Å². The van der Waals surface area contributed by atoms with Gasteiger partial charge in [-0.1, -0.05) is 18.5 Å². The summed E-state index contributed by atoms with van der Waals surface area (Å²) in [5.74, 6) is 1.44. The number of carbonyl (C=O) groups excluding carboxylic acids is 1. The van der Waals surface area contributed by atoms with E-state index < -0.39 is 5.54 Å². The van der Waals surface area contributed by atoms with E-state index in [-0.39, 0.29) is 0 Å². The maximum atomic E-state index is 10.8. The van der Waals surface area contributed by atoms with E-state index in [1.165, 1.54) is 0 Å². The number of hydrogen-bond acceptors (Lipinski definition) is 4. The molecule has 2 aliphatic rings. The van der Waals surface area contributed by atoms with E-state index in [2.05, 4.69) is 4.99 Å². The fraction of sp³-hybridized carbons (Fsp3) is 0.533. The highest BCUT2D eigenvalue weighted by Gasteiger charge is 2.43. The highest BCUT2D eigenvalue weighted by atomic mass is 35.5. The van der Waals surface area contributed by atoms with Crippen molar-refractivity contribution < 1.29 is 14.3 Å². The maximum Gasteiger partial charge on any atom is 0.235 e. The van der Waals surface area contributed by atoms with Gasteiger partial charge in [-0.3, -0.25) is 0 Å². The molecule has 1 saturated carbocycles. The topological polar surface area (TPSA) is 47.9 Å². The first-order valence-electron chi connectivity index (χ1n) is 6.92.